The highest BCUT2D eigenvalue weighted by atomic mass is 19.1. The lowest BCUT2D eigenvalue weighted by Gasteiger charge is -2.22. The van der Waals surface area contributed by atoms with Crippen LogP contribution in [0.4, 0.5) is 21.7 Å². The first-order valence-electron chi connectivity index (χ1n) is 7.24. The molecular weight excluding hydrogens is 299 g/mol. The summed E-state index contributed by atoms with van der Waals surface area (Å²) in [6, 6.07) is 5.20. The van der Waals surface area contributed by atoms with Gasteiger partial charge in [0.05, 0.1) is 0 Å². The minimum Gasteiger partial charge on any atom is -0.393 e. The van der Waals surface area contributed by atoms with Gasteiger partial charge in [0, 0.05) is 18.7 Å². The van der Waals surface area contributed by atoms with Crippen molar-refractivity contribution in [1.29, 1.82) is 0 Å². The van der Waals surface area contributed by atoms with E-state index in [4.69, 9.17) is 5.73 Å². The molecule has 8 heteroatoms. The Labute approximate surface area is 133 Å². The minimum atomic E-state index is -0.424. The fourth-order valence-electron chi connectivity index (χ4n) is 2.05. The molecule has 0 radical (unpaired) electrons. The lowest BCUT2D eigenvalue weighted by atomic mass is 10.2. The molecule has 0 fully saturated rings. The second-order valence-corrected chi connectivity index (χ2v) is 4.72. The van der Waals surface area contributed by atoms with Crippen molar-refractivity contribution in [2.75, 3.05) is 29.1 Å². The van der Waals surface area contributed by atoms with Crippen molar-refractivity contribution in [1.82, 2.24) is 15.4 Å². The number of anilines is 3. The Morgan fingerprint density at radius 2 is 1.87 bits per heavy atom. The highest BCUT2D eigenvalue weighted by Crippen LogP contribution is 2.25. The van der Waals surface area contributed by atoms with Gasteiger partial charge in [0.1, 0.15) is 17.8 Å². The number of carbonyl (C=O) groups excluding carboxylic acids is 1. The van der Waals surface area contributed by atoms with E-state index in [-0.39, 0.29) is 0 Å². The van der Waals surface area contributed by atoms with Crippen LogP contribution in [0.2, 0.25) is 0 Å². The number of hydrazine groups is 1. The van der Waals surface area contributed by atoms with Crippen LogP contribution in [0.1, 0.15) is 24.2 Å². The van der Waals surface area contributed by atoms with Crippen LogP contribution in [0.5, 0.6) is 0 Å². The second kappa shape index (κ2) is 7.39. The van der Waals surface area contributed by atoms with Crippen molar-refractivity contribution in [3.63, 3.8) is 0 Å². The predicted octanol–water partition coefficient (Wildman–Crippen LogP) is 1.80. The van der Waals surface area contributed by atoms with E-state index in [9.17, 15) is 9.18 Å². The number of nitrogen functional groups attached to an aromatic ring is 1. The number of carbonyl (C=O) groups is 1. The van der Waals surface area contributed by atoms with E-state index in [0.29, 0.717) is 22.9 Å². The maximum absolute atomic E-state index is 12.9. The number of nitrogens with zero attached hydrogens (tertiary/aromatic N) is 3. The topological polar surface area (TPSA) is 96.2 Å². The number of aromatic nitrogens is 2. The van der Waals surface area contributed by atoms with E-state index in [1.165, 1.54) is 30.6 Å². The third-order valence-corrected chi connectivity index (χ3v) is 3.33. The quantitative estimate of drug-likeness (QED) is 0.703. The molecule has 0 unspecified atom stereocenters. The van der Waals surface area contributed by atoms with Crippen LogP contribution in [0.15, 0.2) is 30.6 Å². The minimum absolute atomic E-state index is 0.303. The van der Waals surface area contributed by atoms with E-state index < -0.39 is 11.7 Å². The average molecular weight is 318 g/mol. The van der Waals surface area contributed by atoms with E-state index in [2.05, 4.69) is 20.8 Å². The third kappa shape index (κ3) is 3.85. The molecule has 23 heavy (non-hydrogen) atoms. The van der Waals surface area contributed by atoms with Crippen LogP contribution in [-0.2, 0) is 0 Å². The first-order chi connectivity index (χ1) is 11.1. The maximum atomic E-state index is 12.9. The molecule has 0 aliphatic rings. The highest BCUT2D eigenvalue weighted by molar-refractivity contribution is 5.95. The summed E-state index contributed by atoms with van der Waals surface area (Å²) >= 11 is 0. The van der Waals surface area contributed by atoms with Crippen molar-refractivity contribution in [2.24, 2.45) is 0 Å². The SMILES string of the molecule is CCN(CC)c1ncnc(NNC(=O)c2ccc(F)cc2)c1N. The Kier molecular flexibility index (Phi) is 5.29. The van der Waals surface area contributed by atoms with Gasteiger partial charge in [-0.15, -0.1) is 0 Å². The number of amides is 1. The van der Waals surface area contributed by atoms with E-state index in [0.717, 1.165) is 13.1 Å². The van der Waals surface area contributed by atoms with E-state index in [1.54, 1.807) is 0 Å². The van der Waals surface area contributed by atoms with Crippen molar-refractivity contribution in [3.8, 4) is 0 Å². The lowest BCUT2D eigenvalue weighted by molar-refractivity contribution is 0.0962. The molecule has 0 spiro atoms. The zero-order valence-corrected chi connectivity index (χ0v) is 13.0. The normalized spacial score (nSPS) is 10.2. The monoisotopic (exact) mass is 318 g/mol. The lowest BCUT2D eigenvalue weighted by Crippen LogP contribution is -2.31. The van der Waals surface area contributed by atoms with Crippen LogP contribution in [-0.4, -0.2) is 29.0 Å². The number of nitrogens with one attached hydrogen (secondary N) is 2. The highest BCUT2D eigenvalue weighted by Gasteiger charge is 2.13. The first kappa shape index (κ1) is 16.5. The molecule has 0 saturated carbocycles. The fourth-order valence-corrected chi connectivity index (χ4v) is 2.05. The van der Waals surface area contributed by atoms with Gasteiger partial charge in [-0.25, -0.2) is 14.4 Å². The average Bonchev–Trinajstić information content (AvgIpc) is 2.56. The third-order valence-electron chi connectivity index (χ3n) is 3.33. The van der Waals surface area contributed by atoms with Gasteiger partial charge in [0.15, 0.2) is 11.6 Å². The number of benzene rings is 1. The molecular formula is C15H19FN6O. The summed E-state index contributed by atoms with van der Waals surface area (Å²) in [5.41, 5.74) is 11.9. The van der Waals surface area contributed by atoms with Crippen LogP contribution >= 0.6 is 0 Å². The number of halogens is 1. The molecule has 7 nitrogen and oxygen atoms in total. The molecule has 4 N–H and O–H groups in total. The van der Waals surface area contributed by atoms with Crippen molar-refractivity contribution < 1.29 is 9.18 Å². The Morgan fingerprint density at radius 1 is 1.22 bits per heavy atom. The largest absolute Gasteiger partial charge is 0.393 e. The molecule has 1 amide bonds. The maximum Gasteiger partial charge on any atom is 0.269 e. The molecule has 1 aromatic heterocycles. The van der Waals surface area contributed by atoms with Gasteiger partial charge in [-0.05, 0) is 38.1 Å². The summed E-state index contributed by atoms with van der Waals surface area (Å²) in [7, 11) is 0. The second-order valence-electron chi connectivity index (χ2n) is 4.72. The summed E-state index contributed by atoms with van der Waals surface area (Å²) in [6.45, 7) is 5.49. The molecule has 122 valence electrons. The summed E-state index contributed by atoms with van der Waals surface area (Å²) in [5, 5.41) is 0. The molecule has 1 heterocycles. The first-order valence-corrected chi connectivity index (χ1v) is 7.24. The molecule has 0 aliphatic heterocycles. The Bertz CT molecular complexity index is 672. The van der Waals surface area contributed by atoms with Gasteiger partial charge in [-0.1, -0.05) is 0 Å². The summed E-state index contributed by atoms with van der Waals surface area (Å²) in [4.78, 5) is 22.1. The summed E-state index contributed by atoms with van der Waals surface area (Å²) in [5.74, 6) is 0.0757. The van der Waals surface area contributed by atoms with Gasteiger partial charge >= 0.3 is 0 Å². The van der Waals surface area contributed by atoms with Gasteiger partial charge < -0.3 is 10.6 Å². The molecule has 0 bridgehead atoms. The van der Waals surface area contributed by atoms with Crippen LogP contribution in [0.3, 0.4) is 0 Å². The van der Waals surface area contributed by atoms with E-state index in [1.807, 2.05) is 18.7 Å². The molecule has 0 saturated heterocycles. The molecule has 2 rings (SSSR count). The summed E-state index contributed by atoms with van der Waals surface area (Å²) in [6.07, 6.45) is 1.37. The van der Waals surface area contributed by atoms with Gasteiger partial charge in [0.25, 0.3) is 5.91 Å². The summed E-state index contributed by atoms with van der Waals surface area (Å²) < 4.78 is 12.9. The predicted molar refractivity (Wildman–Crippen MR) is 87.5 cm³/mol. The van der Waals surface area contributed by atoms with Gasteiger partial charge in [-0.3, -0.25) is 15.6 Å². The Morgan fingerprint density at radius 3 is 2.48 bits per heavy atom. The number of rotatable bonds is 6. The van der Waals surface area contributed by atoms with Crippen LogP contribution < -0.4 is 21.5 Å². The number of hydrogen-bond donors (Lipinski definition) is 3. The Hall–Kier alpha value is -2.90. The van der Waals surface area contributed by atoms with Gasteiger partial charge in [0.2, 0.25) is 0 Å². The number of hydrogen-bond acceptors (Lipinski definition) is 6. The van der Waals surface area contributed by atoms with E-state index >= 15 is 0 Å². The molecule has 1 aromatic carbocycles. The van der Waals surface area contributed by atoms with Crippen molar-refractivity contribution >= 4 is 23.2 Å². The molecule has 2 aromatic rings. The number of nitrogens with two attached hydrogens (primary N) is 1. The molecule has 0 atom stereocenters. The van der Waals surface area contributed by atoms with Gasteiger partial charge in [-0.2, -0.15) is 0 Å². The standard InChI is InChI=1S/C15H19FN6O/c1-3-22(4-2)14-12(17)13(18-9-19-14)20-21-15(23)10-5-7-11(16)8-6-10/h5-9H,3-4,17H2,1-2H3,(H,21,23)(H,18,19,20). The van der Waals surface area contributed by atoms with Crippen molar-refractivity contribution in [2.45, 2.75) is 13.8 Å². The van der Waals surface area contributed by atoms with Crippen LogP contribution in [0, 0.1) is 5.82 Å². The zero-order valence-electron chi connectivity index (χ0n) is 13.0. The Balaban J connectivity index is 2.10. The smallest absolute Gasteiger partial charge is 0.269 e. The fraction of sp³-hybridized carbons (Fsp3) is 0.267. The van der Waals surface area contributed by atoms with Crippen molar-refractivity contribution in [3.05, 3.63) is 42.0 Å². The molecule has 0 aliphatic carbocycles. The van der Waals surface area contributed by atoms with Crippen LogP contribution in [0.25, 0.3) is 0 Å². The zero-order chi connectivity index (χ0) is 16.8.